The zero-order chi connectivity index (χ0) is 15.7. The Labute approximate surface area is 128 Å². The van der Waals surface area contributed by atoms with Gasteiger partial charge in [0, 0.05) is 24.2 Å². The molecular formula is C17H18N2O3. The molecule has 0 aliphatic carbocycles. The van der Waals surface area contributed by atoms with Crippen molar-refractivity contribution in [3.63, 3.8) is 0 Å². The molecule has 1 aliphatic rings. The molecule has 22 heavy (non-hydrogen) atoms. The number of rotatable bonds is 2. The van der Waals surface area contributed by atoms with E-state index in [1.54, 1.807) is 4.90 Å². The third kappa shape index (κ3) is 2.66. The summed E-state index contributed by atoms with van der Waals surface area (Å²) in [5.41, 5.74) is 2.27. The van der Waals surface area contributed by atoms with Crippen LogP contribution >= 0.6 is 0 Å². The highest BCUT2D eigenvalue weighted by Crippen LogP contribution is 2.23. The predicted octanol–water partition coefficient (Wildman–Crippen LogP) is 2.48. The number of para-hydroxylation sites is 1. The van der Waals surface area contributed by atoms with Crippen LogP contribution in [0.3, 0.4) is 0 Å². The molecular weight excluding hydrogens is 280 g/mol. The van der Waals surface area contributed by atoms with E-state index in [-0.39, 0.29) is 11.8 Å². The Morgan fingerprint density at radius 1 is 1.23 bits per heavy atom. The highest BCUT2D eigenvalue weighted by atomic mass is 16.4. The summed E-state index contributed by atoms with van der Waals surface area (Å²) in [5, 5.41) is 9.89. The topological polar surface area (TPSA) is 70.5 Å². The van der Waals surface area contributed by atoms with Gasteiger partial charge in [0.2, 0.25) is 0 Å². The van der Waals surface area contributed by atoms with Crippen LogP contribution in [-0.4, -0.2) is 40.0 Å². The lowest BCUT2D eigenvalue weighted by Crippen LogP contribution is -2.40. The van der Waals surface area contributed by atoms with E-state index in [0.29, 0.717) is 31.5 Å². The number of fused-ring (bicyclic) bond motifs is 1. The van der Waals surface area contributed by atoms with Gasteiger partial charge in [0.25, 0.3) is 5.91 Å². The fraction of sp³-hybridized carbons (Fsp3) is 0.353. The highest BCUT2D eigenvalue weighted by Gasteiger charge is 2.28. The number of carboxylic acids is 1. The molecule has 3 rings (SSSR count). The number of benzene rings is 1. The van der Waals surface area contributed by atoms with Crippen molar-refractivity contribution in [2.45, 2.75) is 19.8 Å². The molecule has 1 fully saturated rings. The number of carbonyl (C=O) groups is 2. The number of hydrogen-bond acceptors (Lipinski definition) is 3. The van der Waals surface area contributed by atoms with E-state index in [9.17, 15) is 9.59 Å². The summed E-state index contributed by atoms with van der Waals surface area (Å²) in [6, 6.07) is 9.41. The Bertz CT molecular complexity index is 734. The molecule has 1 N–H and O–H groups in total. The molecule has 0 spiro atoms. The SMILES string of the molecule is Cc1cc(C(=O)N2CCC(C(=O)O)CC2)c2ccccc2n1. The number of aromatic nitrogens is 1. The van der Waals surface area contributed by atoms with Gasteiger partial charge in [-0.2, -0.15) is 0 Å². The number of pyridine rings is 1. The van der Waals surface area contributed by atoms with Gasteiger partial charge in [-0.3, -0.25) is 14.6 Å². The second kappa shape index (κ2) is 5.75. The lowest BCUT2D eigenvalue weighted by Gasteiger charge is -2.30. The summed E-state index contributed by atoms with van der Waals surface area (Å²) in [4.78, 5) is 30.0. The minimum Gasteiger partial charge on any atom is -0.481 e. The summed E-state index contributed by atoms with van der Waals surface area (Å²) >= 11 is 0. The fourth-order valence-corrected chi connectivity index (χ4v) is 2.98. The van der Waals surface area contributed by atoms with Crippen molar-refractivity contribution < 1.29 is 14.7 Å². The van der Waals surface area contributed by atoms with Gasteiger partial charge in [-0.25, -0.2) is 0 Å². The first-order valence-electron chi connectivity index (χ1n) is 7.45. The molecule has 114 valence electrons. The molecule has 1 amide bonds. The number of hydrogen-bond donors (Lipinski definition) is 1. The van der Waals surface area contributed by atoms with Crippen LogP contribution in [-0.2, 0) is 4.79 Å². The van der Waals surface area contributed by atoms with Gasteiger partial charge in [0.15, 0.2) is 0 Å². The van der Waals surface area contributed by atoms with Gasteiger partial charge in [-0.05, 0) is 31.9 Å². The van der Waals surface area contributed by atoms with Crippen molar-refractivity contribution in [1.29, 1.82) is 0 Å². The number of piperidine rings is 1. The van der Waals surface area contributed by atoms with Crippen LogP contribution in [0.5, 0.6) is 0 Å². The fourth-order valence-electron chi connectivity index (χ4n) is 2.98. The summed E-state index contributed by atoms with van der Waals surface area (Å²) in [6.07, 6.45) is 1.03. The average molecular weight is 298 g/mol. The van der Waals surface area contributed by atoms with E-state index in [2.05, 4.69) is 4.98 Å². The van der Waals surface area contributed by atoms with Crippen LogP contribution in [0.25, 0.3) is 10.9 Å². The zero-order valence-electron chi connectivity index (χ0n) is 12.5. The maximum Gasteiger partial charge on any atom is 0.306 e. The minimum atomic E-state index is -0.766. The van der Waals surface area contributed by atoms with Gasteiger partial charge < -0.3 is 10.0 Å². The first-order valence-corrected chi connectivity index (χ1v) is 7.45. The van der Waals surface area contributed by atoms with Gasteiger partial charge in [0.1, 0.15) is 0 Å². The van der Waals surface area contributed by atoms with Crippen molar-refractivity contribution in [2.24, 2.45) is 5.92 Å². The van der Waals surface area contributed by atoms with E-state index in [4.69, 9.17) is 5.11 Å². The Balaban J connectivity index is 1.89. The number of likely N-dealkylation sites (tertiary alicyclic amines) is 1. The van der Waals surface area contributed by atoms with Crippen LogP contribution in [0, 0.1) is 12.8 Å². The molecule has 0 unspecified atom stereocenters. The number of carbonyl (C=O) groups excluding carboxylic acids is 1. The predicted molar refractivity (Wildman–Crippen MR) is 82.7 cm³/mol. The van der Waals surface area contributed by atoms with Crippen LogP contribution < -0.4 is 0 Å². The largest absolute Gasteiger partial charge is 0.481 e. The molecule has 1 saturated heterocycles. The van der Waals surface area contributed by atoms with Crippen LogP contribution in [0.15, 0.2) is 30.3 Å². The molecule has 0 atom stereocenters. The molecule has 2 aromatic rings. The molecule has 5 nitrogen and oxygen atoms in total. The van der Waals surface area contributed by atoms with Crippen LogP contribution in [0.4, 0.5) is 0 Å². The Morgan fingerprint density at radius 2 is 1.91 bits per heavy atom. The van der Waals surface area contributed by atoms with E-state index in [0.717, 1.165) is 16.6 Å². The maximum atomic E-state index is 12.8. The summed E-state index contributed by atoms with van der Waals surface area (Å²) in [5.74, 6) is -1.14. The van der Waals surface area contributed by atoms with Gasteiger partial charge in [-0.15, -0.1) is 0 Å². The van der Waals surface area contributed by atoms with Crippen molar-refractivity contribution in [3.05, 3.63) is 41.6 Å². The van der Waals surface area contributed by atoms with E-state index >= 15 is 0 Å². The maximum absolute atomic E-state index is 12.8. The van der Waals surface area contributed by atoms with E-state index in [1.807, 2.05) is 37.3 Å². The molecule has 0 radical (unpaired) electrons. The molecule has 5 heteroatoms. The van der Waals surface area contributed by atoms with Gasteiger partial charge in [0.05, 0.1) is 17.0 Å². The number of carboxylic acid groups (broad SMARTS) is 1. The monoisotopic (exact) mass is 298 g/mol. The van der Waals surface area contributed by atoms with Crippen LogP contribution in [0.1, 0.15) is 28.9 Å². The highest BCUT2D eigenvalue weighted by molar-refractivity contribution is 6.06. The molecule has 1 aromatic carbocycles. The van der Waals surface area contributed by atoms with Crippen molar-refractivity contribution >= 4 is 22.8 Å². The summed E-state index contributed by atoms with van der Waals surface area (Å²) in [7, 11) is 0. The smallest absolute Gasteiger partial charge is 0.306 e. The molecule has 1 aliphatic heterocycles. The normalized spacial score (nSPS) is 16.0. The van der Waals surface area contributed by atoms with E-state index in [1.165, 1.54) is 0 Å². The third-order valence-electron chi connectivity index (χ3n) is 4.21. The third-order valence-corrected chi connectivity index (χ3v) is 4.21. The average Bonchev–Trinajstić information content (AvgIpc) is 2.53. The Morgan fingerprint density at radius 3 is 2.59 bits per heavy atom. The first-order chi connectivity index (χ1) is 10.6. The van der Waals surface area contributed by atoms with Gasteiger partial charge in [-0.1, -0.05) is 18.2 Å². The van der Waals surface area contributed by atoms with Crippen molar-refractivity contribution in [1.82, 2.24) is 9.88 Å². The lowest BCUT2D eigenvalue weighted by molar-refractivity contribution is -0.143. The van der Waals surface area contributed by atoms with Crippen molar-refractivity contribution in [2.75, 3.05) is 13.1 Å². The quantitative estimate of drug-likeness (QED) is 0.924. The lowest BCUT2D eigenvalue weighted by atomic mass is 9.96. The molecule has 1 aromatic heterocycles. The number of aryl methyl sites for hydroxylation is 1. The Hall–Kier alpha value is -2.43. The Kier molecular flexibility index (Phi) is 3.79. The standard InChI is InChI=1S/C17H18N2O3/c1-11-10-14(13-4-2-3-5-15(13)18-11)16(20)19-8-6-12(7-9-19)17(21)22/h2-5,10,12H,6-9H2,1H3,(H,21,22). The molecule has 0 bridgehead atoms. The number of aliphatic carboxylic acids is 1. The van der Waals surface area contributed by atoms with Gasteiger partial charge >= 0.3 is 5.97 Å². The minimum absolute atomic E-state index is 0.0365. The second-order valence-corrected chi connectivity index (χ2v) is 5.73. The van der Waals surface area contributed by atoms with Crippen molar-refractivity contribution in [3.8, 4) is 0 Å². The number of amides is 1. The molecule has 0 saturated carbocycles. The first kappa shape index (κ1) is 14.5. The number of nitrogens with zero attached hydrogens (tertiary/aromatic N) is 2. The summed E-state index contributed by atoms with van der Waals surface area (Å²) < 4.78 is 0. The van der Waals surface area contributed by atoms with Crippen LogP contribution in [0.2, 0.25) is 0 Å². The summed E-state index contributed by atoms with van der Waals surface area (Å²) in [6.45, 7) is 2.86. The molecule has 2 heterocycles. The van der Waals surface area contributed by atoms with E-state index < -0.39 is 5.97 Å². The zero-order valence-corrected chi connectivity index (χ0v) is 12.5. The second-order valence-electron chi connectivity index (χ2n) is 5.73.